The van der Waals surface area contributed by atoms with Crippen LogP contribution in [0.3, 0.4) is 0 Å². The van der Waals surface area contributed by atoms with Gasteiger partial charge in [0.25, 0.3) is 5.91 Å². The lowest BCUT2D eigenvalue weighted by Crippen LogP contribution is -2.53. The van der Waals surface area contributed by atoms with E-state index in [9.17, 15) is 45.1 Å². The van der Waals surface area contributed by atoms with Crippen molar-refractivity contribution in [2.75, 3.05) is 33.2 Å². The lowest BCUT2D eigenvalue weighted by Gasteiger charge is -2.44. The summed E-state index contributed by atoms with van der Waals surface area (Å²) in [5, 5.41) is -0.224. The lowest BCUT2D eigenvalue weighted by molar-refractivity contribution is -0.143. The van der Waals surface area contributed by atoms with Gasteiger partial charge >= 0.3 is 12.4 Å². The van der Waals surface area contributed by atoms with Crippen LogP contribution < -0.4 is 0 Å². The number of likely N-dealkylation sites (N-methyl/N-ethyl adjacent to an activating group) is 1. The fourth-order valence-corrected chi connectivity index (χ4v) is 6.00. The summed E-state index contributed by atoms with van der Waals surface area (Å²) in [5.41, 5.74) is -3.58. The number of halogens is 8. The number of hydrogen-bond donors (Lipinski definition) is 0. The van der Waals surface area contributed by atoms with Crippen molar-refractivity contribution >= 4 is 29.3 Å². The normalized spacial score (nSPS) is 20.2. The first kappa shape index (κ1) is 32.6. The quantitative estimate of drug-likeness (QED) is 0.374. The van der Waals surface area contributed by atoms with Gasteiger partial charge in [0.2, 0.25) is 11.8 Å². The maximum Gasteiger partial charge on any atom is 0.416 e. The molecule has 14 heteroatoms. The smallest absolute Gasteiger partial charge is 0.343 e. The maximum absolute atomic E-state index is 14.0. The fraction of sp³-hybridized carbons (Fsp3) is 0.483. The van der Waals surface area contributed by atoms with Gasteiger partial charge in [-0.1, -0.05) is 17.7 Å². The number of hydrogen-bond acceptors (Lipinski definition) is 3. The number of benzene rings is 2. The Morgan fingerprint density at radius 3 is 1.93 bits per heavy atom. The summed E-state index contributed by atoms with van der Waals surface area (Å²) in [4.78, 5) is 42.9. The molecule has 2 aromatic rings. The minimum Gasteiger partial charge on any atom is -0.343 e. The molecule has 0 aliphatic carbocycles. The van der Waals surface area contributed by atoms with Crippen molar-refractivity contribution in [1.29, 1.82) is 0 Å². The molecule has 4 rings (SSSR count). The Hall–Kier alpha value is -3.35. The molecule has 2 heterocycles. The Labute approximate surface area is 248 Å². The summed E-state index contributed by atoms with van der Waals surface area (Å²) in [7, 11) is 1.27. The standard InChI is InChI=1S/C29H29ClF7N3O3/c1-16(41)39-8-5-17(6-9-39)27(43)40-10-7-25(22(15-40)18-3-4-24(31)23(30)13-18)38(2)26(42)19-11-20(28(32,33)34)14-21(12-19)29(35,36)37/h3-4,11-14,17,22,25H,5-10,15H2,1-2H3. The molecule has 2 fully saturated rings. The van der Waals surface area contributed by atoms with Crippen LogP contribution >= 0.6 is 11.6 Å². The molecule has 0 saturated carbocycles. The van der Waals surface area contributed by atoms with Gasteiger partial charge in [0.1, 0.15) is 5.82 Å². The van der Waals surface area contributed by atoms with Crippen LogP contribution in [0.5, 0.6) is 0 Å². The molecule has 2 aliphatic rings. The molecule has 6 nitrogen and oxygen atoms in total. The molecule has 0 spiro atoms. The van der Waals surface area contributed by atoms with E-state index in [4.69, 9.17) is 11.6 Å². The highest BCUT2D eigenvalue weighted by molar-refractivity contribution is 6.30. The zero-order chi connectivity index (χ0) is 31.9. The van der Waals surface area contributed by atoms with E-state index in [1.165, 1.54) is 26.1 Å². The van der Waals surface area contributed by atoms with Gasteiger partial charge in [-0.15, -0.1) is 0 Å². The Morgan fingerprint density at radius 2 is 1.42 bits per heavy atom. The molecule has 2 aliphatic heterocycles. The molecule has 0 bridgehead atoms. The van der Waals surface area contributed by atoms with Gasteiger partial charge in [0.05, 0.1) is 16.1 Å². The first-order valence-electron chi connectivity index (χ1n) is 13.5. The lowest BCUT2D eigenvalue weighted by atomic mass is 9.83. The second kappa shape index (κ2) is 12.3. The average Bonchev–Trinajstić information content (AvgIpc) is 2.96. The molecular formula is C29H29ClF7N3O3. The van der Waals surface area contributed by atoms with Crippen molar-refractivity contribution < 1.29 is 45.1 Å². The van der Waals surface area contributed by atoms with E-state index in [2.05, 4.69) is 0 Å². The molecule has 2 atom stereocenters. The molecule has 43 heavy (non-hydrogen) atoms. The van der Waals surface area contributed by atoms with Crippen molar-refractivity contribution in [1.82, 2.24) is 14.7 Å². The van der Waals surface area contributed by atoms with Crippen LogP contribution in [0, 0.1) is 11.7 Å². The number of piperidine rings is 2. The third-order valence-corrected chi connectivity index (χ3v) is 8.49. The second-order valence-electron chi connectivity index (χ2n) is 10.9. The number of amides is 3. The van der Waals surface area contributed by atoms with E-state index >= 15 is 0 Å². The van der Waals surface area contributed by atoms with Crippen LogP contribution in [0.2, 0.25) is 5.02 Å². The summed E-state index contributed by atoms with van der Waals surface area (Å²) >= 11 is 6.02. The van der Waals surface area contributed by atoms with Gasteiger partial charge < -0.3 is 14.7 Å². The summed E-state index contributed by atoms with van der Waals surface area (Å²) in [5.74, 6) is -3.07. The molecular weight excluding hydrogens is 607 g/mol. The Balaban J connectivity index is 1.63. The van der Waals surface area contributed by atoms with E-state index < -0.39 is 52.7 Å². The second-order valence-corrected chi connectivity index (χ2v) is 11.3. The van der Waals surface area contributed by atoms with Crippen LogP contribution in [0.1, 0.15) is 59.2 Å². The number of likely N-dealkylation sites (tertiary alicyclic amines) is 2. The van der Waals surface area contributed by atoms with Crippen molar-refractivity contribution in [3.63, 3.8) is 0 Å². The van der Waals surface area contributed by atoms with Crippen LogP contribution in [-0.2, 0) is 21.9 Å². The molecule has 3 amide bonds. The summed E-state index contributed by atoms with van der Waals surface area (Å²) in [6.07, 6.45) is -9.20. The zero-order valence-electron chi connectivity index (χ0n) is 23.2. The van der Waals surface area contributed by atoms with Gasteiger partial charge in [-0.2, -0.15) is 26.3 Å². The van der Waals surface area contributed by atoms with Gasteiger partial charge in [-0.3, -0.25) is 14.4 Å². The van der Waals surface area contributed by atoms with Crippen LogP contribution in [0.25, 0.3) is 0 Å². The summed E-state index contributed by atoms with van der Waals surface area (Å²) in [6, 6.07) is 3.79. The first-order valence-corrected chi connectivity index (χ1v) is 13.9. The van der Waals surface area contributed by atoms with Crippen molar-refractivity contribution in [2.24, 2.45) is 5.92 Å². The van der Waals surface area contributed by atoms with Gasteiger partial charge in [0.15, 0.2) is 0 Å². The molecule has 2 unspecified atom stereocenters. The number of alkyl halides is 6. The van der Waals surface area contributed by atoms with Gasteiger partial charge in [-0.25, -0.2) is 4.39 Å². The van der Waals surface area contributed by atoms with Crippen LogP contribution in [0.4, 0.5) is 30.7 Å². The van der Waals surface area contributed by atoms with E-state index in [-0.39, 0.29) is 48.3 Å². The van der Waals surface area contributed by atoms with E-state index in [0.29, 0.717) is 43.6 Å². The van der Waals surface area contributed by atoms with E-state index in [1.807, 2.05) is 0 Å². The van der Waals surface area contributed by atoms with Crippen molar-refractivity contribution in [3.05, 3.63) is 69.5 Å². The predicted molar refractivity (Wildman–Crippen MR) is 143 cm³/mol. The third kappa shape index (κ3) is 7.25. The first-order chi connectivity index (χ1) is 20.0. The van der Waals surface area contributed by atoms with Gasteiger partial charge in [0, 0.05) is 63.6 Å². The Bertz CT molecular complexity index is 1360. The average molecular weight is 636 g/mol. The summed E-state index contributed by atoms with van der Waals surface area (Å²) < 4.78 is 94.7. The molecule has 0 N–H and O–H groups in total. The molecule has 0 aromatic heterocycles. The molecule has 2 saturated heterocycles. The highest BCUT2D eigenvalue weighted by atomic mass is 35.5. The zero-order valence-corrected chi connectivity index (χ0v) is 24.0. The number of rotatable bonds is 4. The number of nitrogens with zero attached hydrogens (tertiary/aromatic N) is 3. The van der Waals surface area contributed by atoms with Gasteiger partial charge in [-0.05, 0) is 55.2 Å². The monoisotopic (exact) mass is 635 g/mol. The topological polar surface area (TPSA) is 60.9 Å². The molecule has 0 radical (unpaired) electrons. The van der Waals surface area contributed by atoms with Crippen LogP contribution in [-0.4, -0.2) is 71.7 Å². The van der Waals surface area contributed by atoms with Crippen molar-refractivity contribution in [3.8, 4) is 0 Å². The number of carbonyl (C=O) groups is 3. The molecule has 234 valence electrons. The third-order valence-electron chi connectivity index (χ3n) is 8.20. The van der Waals surface area contributed by atoms with E-state index in [0.717, 1.165) is 11.0 Å². The van der Waals surface area contributed by atoms with Crippen LogP contribution in [0.15, 0.2) is 36.4 Å². The SMILES string of the molecule is CC(=O)N1CCC(C(=O)N2CCC(N(C)C(=O)c3cc(C(F)(F)F)cc(C(F)(F)F)c3)C(c3ccc(F)c(Cl)c3)C2)CC1. The summed E-state index contributed by atoms with van der Waals surface area (Å²) in [6.45, 7) is 2.51. The van der Waals surface area contributed by atoms with E-state index in [1.54, 1.807) is 9.80 Å². The minimum atomic E-state index is -5.13. The maximum atomic E-state index is 14.0. The highest BCUT2D eigenvalue weighted by Gasteiger charge is 2.41. The largest absolute Gasteiger partial charge is 0.416 e. The number of carbonyl (C=O) groups excluding carboxylic acids is 3. The van der Waals surface area contributed by atoms with Crippen molar-refractivity contribution in [2.45, 2.75) is 50.5 Å². The Kier molecular flexibility index (Phi) is 9.34. The highest BCUT2D eigenvalue weighted by Crippen LogP contribution is 2.38. The molecule has 2 aromatic carbocycles. The Morgan fingerprint density at radius 1 is 0.860 bits per heavy atom. The minimum absolute atomic E-state index is 0.0480. The fourth-order valence-electron chi connectivity index (χ4n) is 5.81. The predicted octanol–water partition coefficient (Wildman–Crippen LogP) is 6.23.